The van der Waals surface area contributed by atoms with E-state index in [1.54, 1.807) is 36.4 Å². The lowest BCUT2D eigenvalue weighted by Crippen LogP contribution is -2.47. The minimum absolute atomic E-state index is 0.0442. The van der Waals surface area contributed by atoms with Gasteiger partial charge in [-0.2, -0.15) is 0 Å². The molecule has 2 aliphatic heterocycles. The number of esters is 1. The summed E-state index contributed by atoms with van der Waals surface area (Å²) in [5.41, 5.74) is 1.71. The fourth-order valence-electron chi connectivity index (χ4n) is 4.35. The van der Waals surface area contributed by atoms with Gasteiger partial charge in [0.25, 0.3) is 17.5 Å². The van der Waals surface area contributed by atoms with Crippen molar-refractivity contribution in [2.75, 3.05) is 6.79 Å². The van der Waals surface area contributed by atoms with Crippen molar-refractivity contribution in [3.8, 4) is 5.75 Å². The first-order valence-corrected chi connectivity index (χ1v) is 11.1. The Kier molecular flexibility index (Phi) is 6.17. The quantitative estimate of drug-likeness (QED) is 0.214. The summed E-state index contributed by atoms with van der Waals surface area (Å²) in [5.74, 6) is -1.64. The van der Waals surface area contributed by atoms with Crippen LogP contribution in [0.5, 0.6) is 5.75 Å². The summed E-state index contributed by atoms with van der Waals surface area (Å²) >= 11 is 0. The van der Waals surface area contributed by atoms with E-state index in [4.69, 9.17) is 14.2 Å². The number of benzene rings is 3. The van der Waals surface area contributed by atoms with Crippen LogP contribution in [0.2, 0.25) is 0 Å². The van der Waals surface area contributed by atoms with Gasteiger partial charge in [-0.05, 0) is 17.7 Å². The predicted octanol–water partition coefficient (Wildman–Crippen LogP) is 3.41. The van der Waals surface area contributed by atoms with Crippen molar-refractivity contribution in [2.45, 2.75) is 25.7 Å². The Labute approximate surface area is 205 Å². The van der Waals surface area contributed by atoms with E-state index in [0.717, 1.165) is 10.5 Å². The van der Waals surface area contributed by atoms with Gasteiger partial charge in [0.1, 0.15) is 18.4 Å². The number of rotatable bonds is 7. The molecule has 1 unspecified atom stereocenters. The molecule has 1 atom stereocenters. The first-order chi connectivity index (χ1) is 17.4. The number of nitro benzene ring substituents is 1. The summed E-state index contributed by atoms with van der Waals surface area (Å²) in [6.07, 6.45) is 0.0442. The van der Waals surface area contributed by atoms with Crippen molar-refractivity contribution in [3.63, 3.8) is 0 Å². The molecular weight excluding hydrogens is 468 g/mol. The molecule has 36 heavy (non-hydrogen) atoms. The number of non-ortho nitro benzene ring substituents is 1. The number of ether oxygens (including phenoxy) is 3. The standard InChI is InChI=1S/C26H20N2O8/c29-24-20-8-4-5-9-21(20)25(30)27(24)22(10-16-6-2-1-3-7-16)26(31)35-14-18-12-19(28(32)33)11-17-13-34-15-36-23(17)18/h1-9,11-12,22H,10,13-15H2. The summed E-state index contributed by atoms with van der Waals surface area (Å²) in [6, 6.07) is 16.7. The lowest BCUT2D eigenvalue weighted by molar-refractivity contribution is -0.385. The molecule has 2 heterocycles. The summed E-state index contributed by atoms with van der Waals surface area (Å²) in [6.45, 7) is -0.279. The average Bonchev–Trinajstić information content (AvgIpc) is 3.15. The first-order valence-electron chi connectivity index (χ1n) is 11.1. The highest BCUT2D eigenvalue weighted by molar-refractivity contribution is 6.22. The van der Waals surface area contributed by atoms with Gasteiger partial charge in [-0.25, -0.2) is 4.79 Å². The zero-order valence-electron chi connectivity index (χ0n) is 18.9. The number of hydrogen-bond donors (Lipinski definition) is 0. The molecule has 3 aromatic rings. The van der Waals surface area contributed by atoms with Gasteiger partial charge >= 0.3 is 5.97 Å². The van der Waals surface area contributed by atoms with Crippen molar-refractivity contribution < 1.29 is 33.5 Å². The van der Waals surface area contributed by atoms with E-state index in [0.29, 0.717) is 11.3 Å². The molecule has 0 aromatic heterocycles. The molecular formula is C26H20N2O8. The van der Waals surface area contributed by atoms with E-state index in [1.807, 2.05) is 6.07 Å². The molecule has 2 aliphatic rings. The lowest BCUT2D eigenvalue weighted by atomic mass is 10.0. The van der Waals surface area contributed by atoms with Crippen LogP contribution in [-0.4, -0.2) is 40.4 Å². The van der Waals surface area contributed by atoms with Gasteiger partial charge in [0.2, 0.25) is 0 Å². The lowest BCUT2D eigenvalue weighted by Gasteiger charge is -2.25. The molecule has 10 heteroatoms. The highest BCUT2D eigenvalue weighted by Crippen LogP contribution is 2.33. The third-order valence-corrected chi connectivity index (χ3v) is 6.03. The van der Waals surface area contributed by atoms with Crippen LogP contribution in [0.25, 0.3) is 0 Å². The number of carbonyl (C=O) groups excluding carboxylic acids is 3. The van der Waals surface area contributed by atoms with E-state index >= 15 is 0 Å². The number of amides is 2. The van der Waals surface area contributed by atoms with Gasteiger partial charge in [0.05, 0.1) is 22.7 Å². The number of hydrogen-bond acceptors (Lipinski definition) is 8. The maximum absolute atomic E-state index is 13.4. The number of carbonyl (C=O) groups is 3. The van der Waals surface area contributed by atoms with Crippen LogP contribution in [0.4, 0.5) is 5.69 Å². The predicted molar refractivity (Wildman–Crippen MR) is 124 cm³/mol. The second-order valence-electron chi connectivity index (χ2n) is 8.30. The molecule has 0 radical (unpaired) electrons. The van der Waals surface area contributed by atoms with Gasteiger partial charge in [-0.1, -0.05) is 42.5 Å². The van der Waals surface area contributed by atoms with Crippen LogP contribution >= 0.6 is 0 Å². The highest BCUT2D eigenvalue weighted by atomic mass is 16.7. The van der Waals surface area contributed by atoms with E-state index in [-0.39, 0.29) is 48.8 Å². The number of nitro groups is 1. The summed E-state index contributed by atoms with van der Waals surface area (Å²) in [7, 11) is 0. The SMILES string of the molecule is O=C(OCc1cc([N+](=O)[O-])cc2c1OCOC2)C(Cc1ccccc1)N1C(=O)c2ccccc2C1=O. The van der Waals surface area contributed by atoms with Gasteiger partial charge in [-0.15, -0.1) is 0 Å². The Bertz CT molecular complexity index is 1340. The molecule has 10 nitrogen and oxygen atoms in total. The largest absolute Gasteiger partial charge is 0.467 e. The van der Waals surface area contributed by atoms with Crippen LogP contribution in [0.3, 0.4) is 0 Å². The number of imide groups is 1. The van der Waals surface area contributed by atoms with Crippen molar-refractivity contribution in [2.24, 2.45) is 0 Å². The second kappa shape index (κ2) is 9.59. The minimum Gasteiger partial charge on any atom is -0.467 e. The monoisotopic (exact) mass is 488 g/mol. The van der Waals surface area contributed by atoms with E-state index < -0.39 is 28.7 Å². The smallest absolute Gasteiger partial charge is 0.330 e. The van der Waals surface area contributed by atoms with Crippen LogP contribution in [0.15, 0.2) is 66.7 Å². The molecule has 0 fully saturated rings. The zero-order valence-corrected chi connectivity index (χ0v) is 18.9. The van der Waals surface area contributed by atoms with Gasteiger partial charge in [-0.3, -0.25) is 24.6 Å². The molecule has 3 aromatic carbocycles. The van der Waals surface area contributed by atoms with Crippen LogP contribution < -0.4 is 4.74 Å². The molecule has 0 saturated heterocycles. The second-order valence-corrected chi connectivity index (χ2v) is 8.30. The Morgan fingerprint density at radius 3 is 2.36 bits per heavy atom. The molecule has 0 aliphatic carbocycles. The first kappa shape index (κ1) is 23.2. The maximum Gasteiger partial charge on any atom is 0.330 e. The van der Waals surface area contributed by atoms with E-state index in [9.17, 15) is 24.5 Å². The van der Waals surface area contributed by atoms with Crippen molar-refractivity contribution in [1.29, 1.82) is 0 Å². The van der Waals surface area contributed by atoms with E-state index in [1.165, 1.54) is 24.3 Å². The molecule has 0 saturated carbocycles. The summed E-state index contributed by atoms with van der Waals surface area (Å²) in [4.78, 5) is 51.3. The Morgan fingerprint density at radius 1 is 1.03 bits per heavy atom. The normalized spacial score (nSPS) is 15.1. The van der Waals surface area contributed by atoms with E-state index in [2.05, 4.69) is 0 Å². The zero-order chi connectivity index (χ0) is 25.2. The van der Waals surface area contributed by atoms with Gasteiger partial charge in [0, 0.05) is 29.7 Å². The third-order valence-electron chi connectivity index (χ3n) is 6.03. The Morgan fingerprint density at radius 2 is 1.69 bits per heavy atom. The van der Waals surface area contributed by atoms with Crippen LogP contribution in [-0.2, 0) is 33.9 Å². The van der Waals surface area contributed by atoms with Crippen molar-refractivity contribution >= 4 is 23.5 Å². The van der Waals surface area contributed by atoms with Crippen molar-refractivity contribution in [1.82, 2.24) is 4.90 Å². The summed E-state index contributed by atoms with van der Waals surface area (Å²) in [5, 5.41) is 11.4. The maximum atomic E-state index is 13.4. The Hall–Kier alpha value is -4.57. The van der Waals surface area contributed by atoms with Gasteiger partial charge < -0.3 is 14.2 Å². The number of nitrogens with zero attached hydrogens (tertiary/aromatic N) is 2. The number of fused-ring (bicyclic) bond motifs is 2. The molecule has 2 amide bonds. The van der Waals surface area contributed by atoms with Gasteiger partial charge in [0.15, 0.2) is 6.79 Å². The molecule has 182 valence electrons. The highest BCUT2D eigenvalue weighted by Gasteiger charge is 2.43. The molecule has 0 bridgehead atoms. The fourth-order valence-corrected chi connectivity index (χ4v) is 4.35. The molecule has 5 rings (SSSR count). The minimum atomic E-state index is -1.24. The van der Waals surface area contributed by atoms with Crippen LogP contribution in [0.1, 0.15) is 37.4 Å². The van der Waals surface area contributed by atoms with Crippen molar-refractivity contribution in [3.05, 3.63) is 105 Å². The topological polar surface area (TPSA) is 125 Å². The third kappa shape index (κ3) is 4.29. The summed E-state index contributed by atoms with van der Waals surface area (Å²) < 4.78 is 16.2. The molecule has 0 spiro atoms. The van der Waals surface area contributed by atoms with Crippen LogP contribution in [0, 0.1) is 10.1 Å². The molecule has 0 N–H and O–H groups in total. The Balaban J connectivity index is 1.44. The fraction of sp³-hybridized carbons (Fsp3) is 0.192. The average molecular weight is 488 g/mol.